The van der Waals surface area contributed by atoms with Crippen LogP contribution in [0.4, 0.5) is 0 Å². The fraction of sp³-hybridized carbons (Fsp3) is 0.118. The SMILES string of the molecule is CCc1ccc(C(=O)c2csc3ccccc23)cc1. The number of ketones is 1. The van der Waals surface area contributed by atoms with Gasteiger partial charge in [0.2, 0.25) is 0 Å². The minimum atomic E-state index is 0.111. The fourth-order valence-electron chi connectivity index (χ4n) is 2.20. The monoisotopic (exact) mass is 266 g/mol. The zero-order chi connectivity index (χ0) is 13.2. The van der Waals surface area contributed by atoms with Gasteiger partial charge in [0.25, 0.3) is 0 Å². The lowest BCUT2D eigenvalue weighted by Gasteiger charge is -2.01. The summed E-state index contributed by atoms with van der Waals surface area (Å²) in [6.45, 7) is 2.11. The van der Waals surface area contributed by atoms with E-state index in [2.05, 4.69) is 13.0 Å². The van der Waals surface area contributed by atoms with E-state index in [0.717, 1.165) is 27.6 Å². The number of aryl methyl sites for hydroxylation is 1. The molecule has 0 amide bonds. The van der Waals surface area contributed by atoms with Crippen molar-refractivity contribution in [3.8, 4) is 0 Å². The maximum Gasteiger partial charge on any atom is 0.194 e. The largest absolute Gasteiger partial charge is 0.289 e. The van der Waals surface area contributed by atoms with Crippen LogP contribution in [-0.2, 0) is 6.42 Å². The second-order valence-electron chi connectivity index (χ2n) is 4.53. The van der Waals surface area contributed by atoms with E-state index in [1.165, 1.54) is 5.56 Å². The molecule has 2 heteroatoms. The van der Waals surface area contributed by atoms with E-state index >= 15 is 0 Å². The highest BCUT2D eigenvalue weighted by Crippen LogP contribution is 2.27. The van der Waals surface area contributed by atoms with Crippen LogP contribution in [0.5, 0.6) is 0 Å². The Kier molecular flexibility index (Phi) is 3.18. The summed E-state index contributed by atoms with van der Waals surface area (Å²) in [4.78, 5) is 12.5. The van der Waals surface area contributed by atoms with E-state index in [9.17, 15) is 4.79 Å². The summed E-state index contributed by atoms with van der Waals surface area (Å²) in [6.07, 6.45) is 0.996. The molecule has 0 spiro atoms. The van der Waals surface area contributed by atoms with E-state index in [1.54, 1.807) is 11.3 Å². The number of benzene rings is 2. The van der Waals surface area contributed by atoms with Crippen LogP contribution >= 0.6 is 11.3 Å². The van der Waals surface area contributed by atoms with Crippen LogP contribution in [0.1, 0.15) is 28.4 Å². The predicted molar refractivity (Wildman–Crippen MR) is 81.1 cm³/mol. The van der Waals surface area contributed by atoms with Crippen molar-refractivity contribution in [1.82, 2.24) is 0 Å². The summed E-state index contributed by atoms with van der Waals surface area (Å²) >= 11 is 1.62. The number of carbonyl (C=O) groups excluding carboxylic acids is 1. The van der Waals surface area contributed by atoms with Gasteiger partial charge in [-0.2, -0.15) is 0 Å². The second kappa shape index (κ2) is 4.98. The smallest absolute Gasteiger partial charge is 0.194 e. The summed E-state index contributed by atoms with van der Waals surface area (Å²) in [5.74, 6) is 0.111. The van der Waals surface area contributed by atoms with Crippen LogP contribution in [0.3, 0.4) is 0 Å². The fourth-order valence-corrected chi connectivity index (χ4v) is 3.14. The van der Waals surface area contributed by atoms with E-state index in [-0.39, 0.29) is 5.78 Å². The molecule has 3 aromatic rings. The van der Waals surface area contributed by atoms with Crippen LogP contribution in [0.25, 0.3) is 10.1 Å². The molecule has 0 saturated heterocycles. The Morgan fingerprint density at radius 1 is 1.05 bits per heavy atom. The number of fused-ring (bicyclic) bond motifs is 1. The van der Waals surface area contributed by atoms with Gasteiger partial charge in [-0.1, -0.05) is 49.4 Å². The van der Waals surface area contributed by atoms with Crippen molar-refractivity contribution in [2.24, 2.45) is 0 Å². The molecule has 19 heavy (non-hydrogen) atoms. The number of rotatable bonds is 3. The molecule has 1 aromatic heterocycles. The van der Waals surface area contributed by atoms with Gasteiger partial charge >= 0.3 is 0 Å². The average Bonchev–Trinajstić information content (AvgIpc) is 2.90. The van der Waals surface area contributed by atoms with Crippen LogP contribution in [-0.4, -0.2) is 5.78 Å². The van der Waals surface area contributed by atoms with E-state index in [4.69, 9.17) is 0 Å². The highest BCUT2D eigenvalue weighted by Gasteiger charge is 2.13. The second-order valence-corrected chi connectivity index (χ2v) is 5.44. The van der Waals surface area contributed by atoms with Gasteiger partial charge < -0.3 is 0 Å². The summed E-state index contributed by atoms with van der Waals surface area (Å²) in [5.41, 5.74) is 2.83. The standard InChI is InChI=1S/C17H14OS/c1-2-12-7-9-13(10-8-12)17(18)15-11-19-16-6-4-3-5-14(15)16/h3-11H,2H2,1H3. The van der Waals surface area contributed by atoms with Crippen molar-refractivity contribution in [3.63, 3.8) is 0 Å². The first-order valence-electron chi connectivity index (χ1n) is 6.39. The third-order valence-electron chi connectivity index (χ3n) is 3.35. The molecule has 0 bridgehead atoms. The number of carbonyl (C=O) groups is 1. The molecule has 0 atom stereocenters. The Bertz CT molecular complexity index is 722. The molecular weight excluding hydrogens is 252 g/mol. The van der Waals surface area contributed by atoms with Crippen molar-refractivity contribution < 1.29 is 4.79 Å². The molecular formula is C17H14OS. The maximum absolute atomic E-state index is 12.5. The third-order valence-corrected chi connectivity index (χ3v) is 4.31. The Hall–Kier alpha value is -1.93. The summed E-state index contributed by atoms with van der Waals surface area (Å²) in [6, 6.07) is 16.0. The molecule has 0 aliphatic heterocycles. The molecule has 1 heterocycles. The van der Waals surface area contributed by atoms with Crippen molar-refractivity contribution in [1.29, 1.82) is 0 Å². The topological polar surface area (TPSA) is 17.1 Å². The molecule has 0 unspecified atom stereocenters. The van der Waals surface area contributed by atoms with Gasteiger partial charge in [0.15, 0.2) is 5.78 Å². The van der Waals surface area contributed by atoms with Gasteiger partial charge in [0.05, 0.1) is 0 Å². The van der Waals surface area contributed by atoms with Crippen molar-refractivity contribution in [2.75, 3.05) is 0 Å². The maximum atomic E-state index is 12.5. The van der Waals surface area contributed by atoms with Gasteiger partial charge in [-0.25, -0.2) is 0 Å². The first kappa shape index (κ1) is 12.1. The minimum absolute atomic E-state index is 0.111. The van der Waals surface area contributed by atoms with Gasteiger partial charge in [0.1, 0.15) is 0 Å². The first-order chi connectivity index (χ1) is 9.29. The average molecular weight is 266 g/mol. The summed E-state index contributed by atoms with van der Waals surface area (Å²) in [5, 5.41) is 3.01. The van der Waals surface area contributed by atoms with Crippen LogP contribution in [0.15, 0.2) is 53.9 Å². The highest BCUT2D eigenvalue weighted by molar-refractivity contribution is 7.17. The molecule has 2 aromatic carbocycles. The lowest BCUT2D eigenvalue weighted by molar-refractivity contribution is 0.104. The summed E-state index contributed by atoms with van der Waals surface area (Å²) < 4.78 is 1.16. The Morgan fingerprint density at radius 3 is 2.53 bits per heavy atom. The third kappa shape index (κ3) is 2.20. The van der Waals surface area contributed by atoms with E-state index < -0.39 is 0 Å². The lowest BCUT2D eigenvalue weighted by Crippen LogP contribution is -2.00. The number of thiophene rings is 1. The van der Waals surface area contributed by atoms with E-state index in [1.807, 2.05) is 47.8 Å². The molecule has 0 aliphatic carbocycles. The highest BCUT2D eigenvalue weighted by atomic mass is 32.1. The van der Waals surface area contributed by atoms with Crippen LogP contribution in [0.2, 0.25) is 0 Å². The number of hydrogen-bond acceptors (Lipinski definition) is 2. The zero-order valence-electron chi connectivity index (χ0n) is 10.7. The van der Waals surface area contributed by atoms with Crippen molar-refractivity contribution >= 4 is 27.2 Å². The molecule has 0 N–H and O–H groups in total. The zero-order valence-corrected chi connectivity index (χ0v) is 11.5. The Morgan fingerprint density at radius 2 is 1.79 bits per heavy atom. The van der Waals surface area contributed by atoms with Gasteiger partial charge in [-0.3, -0.25) is 4.79 Å². The predicted octanol–water partition coefficient (Wildman–Crippen LogP) is 4.69. The molecule has 0 saturated carbocycles. The summed E-state index contributed by atoms with van der Waals surface area (Å²) in [7, 11) is 0. The molecule has 1 nitrogen and oxygen atoms in total. The lowest BCUT2D eigenvalue weighted by atomic mass is 10.0. The van der Waals surface area contributed by atoms with Crippen LogP contribution < -0.4 is 0 Å². The van der Waals surface area contributed by atoms with Gasteiger partial charge in [-0.15, -0.1) is 11.3 Å². The van der Waals surface area contributed by atoms with Crippen molar-refractivity contribution in [3.05, 3.63) is 70.6 Å². The quantitative estimate of drug-likeness (QED) is 0.628. The molecule has 0 aliphatic rings. The van der Waals surface area contributed by atoms with E-state index in [0.29, 0.717) is 0 Å². The first-order valence-corrected chi connectivity index (χ1v) is 7.27. The number of hydrogen-bond donors (Lipinski definition) is 0. The van der Waals surface area contributed by atoms with Gasteiger partial charge in [0, 0.05) is 26.6 Å². The van der Waals surface area contributed by atoms with Crippen LogP contribution in [0, 0.1) is 0 Å². The molecule has 0 radical (unpaired) electrons. The molecule has 0 fully saturated rings. The molecule has 94 valence electrons. The normalized spacial score (nSPS) is 10.8. The minimum Gasteiger partial charge on any atom is -0.289 e. The Labute approximate surface area is 116 Å². The van der Waals surface area contributed by atoms with Crippen molar-refractivity contribution in [2.45, 2.75) is 13.3 Å². The van der Waals surface area contributed by atoms with Gasteiger partial charge in [-0.05, 0) is 18.1 Å². The molecule has 3 rings (SSSR count). The Balaban J connectivity index is 2.03.